The molecule has 1 N–H and O–H groups in total. The Labute approximate surface area is 107 Å². The molecule has 0 radical (unpaired) electrons. The van der Waals surface area contributed by atoms with E-state index < -0.39 is 0 Å². The van der Waals surface area contributed by atoms with Gasteiger partial charge in [-0.25, -0.2) is 0 Å². The first kappa shape index (κ1) is 12.4. The molecule has 1 aromatic rings. The fourth-order valence-electron chi connectivity index (χ4n) is 2.27. The van der Waals surface area contributed by atoms with Gasteiger partial charge in [-0.1, -0.05) is 30.9 Å². The zero-order chi connectivity index (χ0) is 12.1. The standard InChI is InChI=1S/C13H17ClN2O/c14-12-6-7-15-9-11(12)13(17)16-8-10-4-2-1-3-5-10/h6-7,9-10H,1-5,8H2,(H,16,17). The maximum Gasteiger partial charge on any atom is 0.254 e. The number of rotatable bonds is 3. The third kappa shape index (κ3) is 3.43. The number of halogens is 1. The van der Waals surface area contributed by atoms with Gasteiger partial charge in [0.2, 0.25) is 0 Å². The number of amides is 1. The zero-order valence-electron chi connectivity index (χ0n) is 9.79. The number of hydrogen-bond acceptors (Lipinski definition) is 2. The molecule has 92 valence electrons. The van der Waals surface area contributed by atoms with E-state index in [4.69, 9.17) is 11.6 Å². The lowest BCUT2D eigenvalue weighted by molar-refractivity contribution is 0.0943. The van der Waals surface area contributed by atoms with Crippen molar-refractivity contribution in [2.75, 3.05) is 6.54 Å². The average molecular weight is 253 g/mol. The van der Waals surface area contributed by atoms with Crippen LogP contribution in [0.15, 0.2) is 18.5 Å². The number of nitrogens with one attached hydrogen (secondary N) is 1. The molecule has 0 bridgehead atoms. The van der Waals surface area contributed by atoms with Gasteiger partial charge in [0.25, 0.3) is 5.91 Å². The first-order valence-corrected chi connectivity index (χ1v) is 6.53. The topological polar surface area (TPSA) is 42.0 Å². The summed E-state index contributed by atoms with van der Waals surface area (Å²) in [6.45, 7) is 0.754. The van der Waals surface area contributed by atoms with Crippen molar-refractivity contribution >= 4 is 17.5 Å². The second-order valence-electron chi connectivity index (χ2n) is 4.57. The summed E-state index contributed by atoms with van der Waals surface area (Å²) in [5.74, 6) is 0.511. The van der Waals surface area contributed by atoms with E-state index in [9.17, 15) is 4.79 Å². The molecule has 17 heavy (non-hydrogen) atoms. The van der Waals surface area contributed by atoms with Crippen molar-refractivity contribution in [2.45, 2.75) is 32.1 Å². The normalized spacial score (nSPS) is 16.8. The van der Waals surface area contributed by atoms with Gasteiger partial charge in [-0.3, -0.25) is 9.78 Å². The molecule has 1 aliphatic rings. The monoisotopic (exact) mass is 252 g/mol. The van der Waals surface area contributed by atoms with Crippen LogP contribution < -0.4 is 5.32 Å². The largest absolute Gasteiger partial charge is 0.352 e. The molecule has 0 unspecified atom stereocenters. The van der Waals surface area contributed by atoms with Crippen molar-refractivity contribution in [1.29, 1.82) is 0 Å². The lowest BCUT2D eigenvalue weighted by Gasteiger charge is -2.21. The smallest absolute Gasteiger partial charge is 0.254 e. The maximum absolute atomic E-state index is 11.9. The predicted octanol–water partition coefficient (Wildman–Crippen LogP) is 3.05. The Morgan fingerprint density at radius 1 is 1.41 bits per heavy atom. The van der Waals surface area contributed by atoms with Gasteiger partial charge in [0.1, 0.15) is 0 Å². The highest BCUT2D eigenvalue weighted by molar-refractivity contribution is 6.33. The minimum Gasteiger partial charge on any atom is -0.352 e. The van der Waals surface area contributed by atoms with E-state index in [-0.39, 0.29) is 5.91 Å². The van der Waals surface area contributed by atoms with Gasteiger partial charge < -0.3 is 5.32 Å². The Hall–Kier alpha value is -1.09. The van der Waals surface area contributed by atoms with E-state index in [1.165, 1.54) is 38.3 Å². The number of carbonyl (C=O) groups is 1. The summed E-state index contributed by atoms with van der Waals surface area (Å²) in [7, 11) is 0. The molecule has 1 fully saturated rings. The molecule has 0 spiro atoms. The fourth-order valence-corrected chi connectivity index (χ4v) is 2.46. The third-order valence-electron chi connectivity index (χ3n) is 3.29. The van der Waals surface area contributed by atoms with E-state index in [0.717, 1.165) is 6.54 Å². The molecule has 2 rings (SSSR count). The Morgan fingerprint density at radius 3 is 2.88 bits per heavy atom. The quantitative estimate of drug-likeness (QED) is 0.899. The van der Waals surface area contributed by atoms with Crippen LogP contribution in [0.4, 0.5) is 0 Å². The Balaban J connectivity index is 1.87. The van der Waals surface area contributed by atoms with E-state index in [1.807, 2.05) is 0 Å². The molecule has 4 heteroatoms. The second kappa shape index (κ2) is 6.01. The van der Waals surface area contributed by atoms with Crippen LogP contribution in [0.25, 0.3) is 0 Å². The molecule has 1 aliphatic carbocycles. The molecular formula is C13H17ClN2O. The van der Waals surface area contributed by atoms with E-state index in [1.54, 1.807) is 12.3 Å². The van der Waals surface area contributed by atoms with Crippen LogP contribution in [0.3, 0.4) is 0 Å². The summed E-state index contributed by atoms with van der Waals surface area (Å²) in [5.41, 5.74) is 0.463. The summed E-state index contributed by atoms with van der Waals surface area (Å²) in [6.07, 6.45) is 9.45. The maximum atomic E-state index is 11.9. The van der Waals surface area contributed by atoms with Crippen LogP contribution in [0, 0.1) is 5.92 Å². The highest BCUT2D eigenvalue weighted by atomic mass is 35.5. The lowest BCUT2D eigenvalue weighted by atomic mass is 9.89. The first-order valence-electron chi connectivity index (χ1n) is 6.15. The molecule has 1 amide bonds. The second-order valence-corrected chi connectivity index (χ2v) is 4.98. The zero-order valence-corrected chi connectivity index (χ0v) is 10.5. The molecular weight excluding hydrogens is 236 g/mol. The van der Waals surface area contributed by atoms with Crippen molar-refractivity contribution in [3.63, 3.8) is 0 Å². The van der Waals surface area contributed by atoms with Crippen LogP contribution in [-0.4, -0.2) is 17.4 Å². The van der Waals surface area contributed by atoms with Crippen molar-refractivity contribution in [3.05, 3.63) is 29.0 Å². The SMILES string of the molecule is O=C(NCC1CCCCC1)c1cnccc1Cl. The van der Waals surface area contributed by atoms with Crippen molar-refractivity contribution < 1.29 is 4.79 Å². The van der Waals surface area contributed by atoms with Crippen LogP contribution in [0.5, 0.6) is 0 Å². The number of hydrogen-bond donors (Lipinski definition) is 1. The summed E-state index contributed by atoms with van der Waals surface area (Å²) < 4.78 is 0. The minimum absolute atomic E-state index is 0.117. The molecule has 1 heterocycles. The van der Waals surface area contributed by atoms with Gasteiger partial charge in [0, 0.05) is 18.9 Å². The Bertz CT molecular complexity index is 389. The summed E-state index contributed by atoms with van der Waals surface area (Å²) in [4.78, 5) is 15.8. The predicted molar refractivity (Wildman–Crippen MR) is 68.2 cm³/mol. The highest BCUT2D eigenvalue weighted by Crippen LogP contribution is 2.23. The summed E-state index contributed by atoms with van der Waals surface area (Å²) in [6, 6.07) is 1.64. The van der Waals surface area contributed by atoms with E-state index >= 15 is 0 Å². The van der Waals surface area contributed by atoms with Crippen molar-refractivity contribution in [1.82, 2.24) is 10.3 Å². The van der Waals surface area contributed by atoms with Gasteiger partial charge in [-0.15, -0.1) is 0 Å². The third-order valence-corrected chi connectivity index (χ3v) is 3.62. The first-order chi connectivity index (χ1) is 8.27. The number of carbonyl (C=O) groups excluding carboxylic acids is 1. The van der Waals surface area contributed by atoms with Crippen LogP contribution in [-0.2, 0) is 0 Å². The summed E-state index contributed by atoms with van der Waals surface area (Å²) >= 11 is 5.94. The number of pyridine rings is 1. The Kier molecular flexibility index (Phi) is 4.37. The molecule has 3 nitrogen and oxygen atoms in total. The van der Waals surface area contributed by atoms with Gasteiger partial charge in [0.05, 0.1) is 10.6 Å². The van der Waals surface area contributed by atoms with E-state index in [0.29, 0.717) is 16.5 Å². The van der Waals surface area contributed by atoms with Gasteiger partial charge >= 0.3 is 0 Å². The van der Waals surface area contributed by atoms with Crippen LogP contribution in [0.1, 0.15) is 42.5 Å². The molecule has 1 saturated carbocycles. The van der Waals surface area contributed by atoms with Crippen molar-refractivity contribution in [2.24, 2.45) is 5.92 Å². The van der Waals surface area contributed by atoms with Crippen molar-refractivity contribution in [3.8, 4) is 0 Å². The van der Waals surface area contributed by atoms with Gasteiger partial charge in [0.15, 0.2) is 0 Å². The fraction of sp³-hybridized carbons (Fsp3) is 0.538. The average Bonchev–Trinajstić information content (AvgIpc) is 2.38. The van der Waals surface area contributed by atoms with Gasteiger partial charge in [-0.05, 0) is 24.8 Å². The molecule has 0 saturated heterocycles. The van der Waals surface area contributed by atoms with Crippen LogP contribution >= 0.6 is 11.6 Å². The number of nitrogens with zero attached hydrogens (tertiary/aromatic N) is 1. The molecule has 0 aliphatic heterocycles. The summed E-state index contributed by atoms with van der Waals surface area (Å²) in [5, 5.41) is 3.41. The lowest BCUT2D eigenvalue weighted by Crippen LogP contribution is -2.30. The molecule has 0 aromatic carbocycles. The Morgan fingerprint density at radius 2 is 2.18 bits per heavy atom. The number of aromatic nitrogens is 1. The van der Waals surface area contributed by atoms with Gasteiger partial charge in [-0.2, -0.15) is 0 Å². The van der Waals surface area contributed by atoms with E-state index in [2.05, 4.69) is 10.3 Å². The van der Waals surface area contributed by atoms with Crippen LogP contribution in [0.2, 0.25) is 5.02 Å². The minimum atomic E-state index is -0.117. The highest BCUT2D eigenvalue weighted by Gasteiger charge is 2.15. The molecule has 1 aromatic heterocycles. The molecule has 0 atom stereocenters.